The van der Waals surface area contributed by atoms with E-state index in [-0.39, 0.29) is 5.56 Å². The van der Waals surface area contributed by atoms with Gasteiger partial charge in [0.15, 0.2) is 0 Å². The van der Waals surface area contributed by atoms with Crippen molar-refractivity contribution in [3.05, 3.63) is 35.4 Å². The fourth-order valence-electron chi connectivity index (χ4n) is 1.29. The van der Waals surface area contributed by atoms with Gasteiger partial charge >= 0.3 is 6.18 Å². The first-order chi connectivity index (χ1) is 8.72. The summed E-state index contributed by atoms with van der Waals surface area (Å²) in [5, 5.41) is 3.65. The maximum absolute atomic E-state index is 12.6. The summed E-state index contributed by atoms with van der Waals surface area (Å²) in [5.74, 6) is -0.535. The number of hydrogen-bond donors (Lipinski definition) is 1. The molecule has 0 atom stereocenters. The van der Waals surface area contributed by atoms with E-state index in [0.29, 0.717) is 10.7 Å². The van der Waals surface area contributed by atoms with E-state index in [0.717, 1.165) is 12.1 Å². The monoisotopic (exact) mass is 401 g/mol. The highest BCUT2D eigenvalue weighted by Gasteiger charge is 2.31. The molecule has 0 fully saturated rings. The van der Waals surface area contributed by atoms with E-state index >= 15 is 0 Å². The summed E-state index contributed by atoms with van der Waals surface area (Å²) < 4.78 is 37.7. The highest BCUT2D eigenvalue weighted by atomic mass is 79.9. The molecule has 1 aromatic rings. The van der Waals surface area contributed by atoms with E-state index in [2.05, 4.69) is 37.2 Å². The first-order valence-corrected chi connectivity index (χ1v) is 7.58. The van der Waals surface area contributed by atoms with Crippen molar-refractivity contribution in [1.29, 1.82) is 0 Å². The Balaban J connectivity index is 2.95. The first kappa shape index (κ1) is 16.5. The number of hydrogen-bond acceptors (Lipinski definition) is 1. The lowest BCUT2D eigenvalue weighted by molar-refractivity contribution is -0.137. The second kappa shape index (κ2) is 6.26. The minimum Gasteiger partial charge on any atom is -0.345 e. The molecule has 1 rings (SSSR count). The van der Waals surface area contributed by atoms with Crippen molar-refractivity contribution < 1.29 is 18.0 Å². The summed E-state index contributed by atoms with van der Waals surface area (Å²) >= 11 is 6.51. The topological polar surface area (TPSA) is 29.1 Å². The molecule has 0 aliphatic carbocycles. The van der Waals surface area contributed by atoms with E-state index in [9.17, 15) is 18.0 Å². The van der Waals surface area contributed by atoms with Gasteiger partial charge in [-0.2, -0.15) is 13.2 Å². The summed E-state index contributed by atoms with van der Waals surface area (Å²) in [6.07, 6.45) is -4.45. The van der Waals surface area contributed by atoms with Crippen LogP contribution in [0.3, 0.4) is 0 Å². The average molecular weight is 403 g/mol. The van der Waals surface area contributed by atoms with Crippen molar-refractivity contribution in [2.24, 2.45) is 0 Å². The Kier molecular flexibility index (Phi) is 5.43. The summed E-state index contributed by atoms with van der Waals surface area (Å²) in [6.45, 7) is 1.78. The molecular formula is C12H12Br2F3NO. The third-order valence-electron chi connectivity index (χ3n) is 2.46. The number of rotatable bonds is 4. The Bertz CT molecular complexity index is 459. The Morgan fingerprint density at radius 1 is 1.26 bits per heavy atom. The van der Waals surface area contributed by atoms with Crippen molar-refractivity contribution in [3.8, 4) is 0 Å². The number of amides is 1. The van der Waals surface area contributed by atoms with Gasteiger partial charge in [0, 0.05) is 16.2 Å². The highest BCUT2D eigenvalue weighted by molar-refractivity contribution is 9.09. The van der Waals surface area contributed by atoms with Gasteiger partial charge in [-0.05, 0) is 25.1 Å². The number of alkyl halides is 5. The van der Waals surface area contributed by atoms with Crippen LogP contribution in [-0.2, 0) is 6.18 Å². The zero-order valence-electron chi connectivity index (χ0n) is 10.0. The zero-order valence-corrected chi connectivity index (χ0v) is 13.2. The van der Waals surface area contributed by atoms with E-state index in [1.807, 2.05) is 0 Å². The SMILES string of the molecule is CC(CBr)(CBr)NC(=O)c1cccc(C(F)(F)F)c1. The van der Waals surface area contributed by atoms with Crippen molar-refractivity contribution in [1.82, 2.24) is 5.32 Å². The maximum atomic E-state index is 12.6. The van der Waals surface area contributed by atoms with E-state index in [1.54, 1.807) is 6.92 Å². The molecule has 1 amide bonds. The molecule has 0 radical (unpaired) electrons. The molecule has 106 valence electrons. The van der Waals surface area contributed by atoms with Gasteiger partial charge in [-0.15, -0.1) is 0 Å². The molecule has 0 saturated carbocycles. The lowest BCUT2D eigenvalue weighted by Crippen LogP contribution is -2.49. The van der Waals surface area contributed by atoms with Crippen LogP contribution >= 0.6 is 31.9 Å². The van der Waals surface area contributed by atoms with Gasteiger partial charge < -0.3 is 5.32 Å². The van der Waals surface area contributed by atoms with Gasteiger partial charge in [-0.1, -0.05) is 37.9 Å². The molecule has 0 spiro atoms. The largest absolute Gasteiger partial charge is 0.416 e. The molecule has 0 heterocycles. The molecule has 2 nitrogen and oxygen atoms in total. The summed E-state index contributed by atoms with van der Waals surface area (Å²) in [7, 11) is 0. The molecule has 0 aromatic heterocycles. The second-order valence-corrected chi connectivity index (χ2v) is 5.48. The van der Waals surface area contributed by atoms with Crippen LogP contribution < -0.4 is 5.32 Å². The third-order valence-corrected chi connectivity index (χ3v) is 4.93. The minimum absolute atomic E-state index is 0.0112. The maximum Gasteiger partial charge on any atom is 0.416 e. The van der Waals surface area contributed by atoms with Gasteiger partial charge in [-0.3, -0.25) is 4.79 Å². The quantitative estimate of drug-likeness (QED) is 0.758. The van der Waals surface area contributed by atoms with Gasteiger partial charge in [0.05, 0.1) is 11.1 Å². The normalized spacial score (nSPS) is 12.3. The lowest BCUT2D eigenvalue weighted by atomic mass is 10.1. The van der Waals surface area contributed by atoms with Gasteiger partial charge in [0.25, 0.3) is 5.91 Å². The number of carbonyl (C=O) groups excluding carboxylic acids is 1. The van der Waals surface area contributed by atoms with Crippen LogP contribution in [-0.4, -0.2) is 22.1 Å². The fraction of sp³-hybridized carbons (Fsp3) is 0.417. The Morgan fingerprint density at radius 3 is 2.32 bits per heavy atom. The Hall–Kier alpha value is -0.560. The number of benzene rings is 1. The average Bonchev–Trinajstić information content (AvgIpc) is 2.37. The fourth-order valence-corrected chi connectivity index (χ4v) is 2.49. The van der Waals surface area contributed by atoms with Crippen LogP contribution in [0.4, 0.5) is 13.2 Å². The van der Waals surface area contributed by atoms with Gasteiger partial charge in [0.1, 0.15) is 0 Å². The minimum atomic E-state index is -4.45. The summed E-state index contributed by atoms with van der Waals surface area (Å²) in [5.41, 5.74) is -1.41. The molecule has 0 bridgehead atoms. The molecule has 19 heavy (non-hydrogen) atoms. The Morgan fingerprint density at radius 2 is 1.84 bits per heavy atom. The molecule has 0 aliphatic heterocycles. The van der Waals surface area contributed by atoms with Gasteiger partial charge in [0.2, 0.25) is 0 Å². The standard InChI is InChI=1S/C12H12Br2F3NO/c1-11(6-13,7-14)18-10(19)8-3-2-4-9(5-8)12(15,16)17/h2-5H,6-7H2,1H3,(H,18,19). The van der Waals surface area contributed by atoms with Gasteiger partial charge in [-0.25, -0.2) is 0 Å². The lowest BCUT2D eigenvalue weighted by Gasteiger charge is -2.26. The van der Waals surface area contributed by atoms with Crippen LogP contribution in [0, 0.1) is 0 Å². The first-order valence-electron chi connectivity index (χ1n) is 5.33. The second-order valence-electron chi connectivity index (χ2n) is 4.36. The van der Waals surface area contributed by atoms with Crippen molar-refractivity contribution in [3.63, 3.8) is 0 Å². The number of nitrogens with one attached hydrogen (secondary N) is 1. The molecule has 7 heteroatoms. The molecule has 1 aromatic carbocycles. The van der Waals surface area contributed by atoms with Crippen molar-refractivity contribution in [2.75, 3.05) is 10.7 Å². The van der Waals surface area contributed by atoms with E-state index in [1.165, 1.54) is 12.1 Å². The Labute approximate surface area is 126 Å². The zero-order chi connectivity index (χ0) is 14.7. The predicted octanol–water partition coefficient (Wildman–Crippen LogP) is 3.98. The van der Waals surface area contributed by atoms with E-state index in [4.69, 9.17) is 0 Å². The predicted molar refractivity (Wildman–Crippen MR) is 74.9 cm³/mol. The molecule has 0 aliphatic rings. The van der Waals surface area contributed by atoms with E-state index < -0.39 is 23.2 Å². The van der Waals surface area contributed by atoms with Crippen LogP contribution in [0.5, 0.6) is 0 Å². The molecule has 0 saturated heterocycles. The third kappa shape index (κ3) is 4.49. The number of halogens is 5. The van der Waals surface area contributed by atoms with Crippen molar-refractivity contribution >= 4 is 37.8 Å². The summed E-state index contributed by atoms with van der Waals surface area (Å²) in [4.78, 5) is 11.9. The highest BCUT2D eigenvalue weighted by Crippen LogP contribution is 2.29. The summed E-state index contributed by atoms with van der Waals surface area (Å²) in [6, 6.07) is 4.36. The molecular weight excluding hydrogens is 391 g/mol. The smallest absolute Gasteiger partial charge is 0.345 e. The van der Waals surface area contributed by atoms with Crippen LogP contribution in [0.2, 0.25) is 0 Å². The molecule has 0 unspecified atom stereocenters. The van der Waals surface area contributed by atoms with Crippen LogP contribution in [0.1, 0.15) is 22.8 Å². The van der Waals surface area contributed by atoms with Crippen LogP contribution in [0.25, 0.3) is 0 Å². The number of carbonyl (C=O) groups is 1. The van der Waals surface area contributed by atoms with Crippen LogP contribution in [0.15, 0.2) is 24.3 Å². The van der Waals surface area contributed by atoms with Crippen molar-refractivity contribution in [2.45, 2.75) is 18.6 Å². The molecule has 1 N–H and O–H groups in total.